The van der Waals surface area contributed by atoms with Crippen LogP contribution in [0.2, 0.25) is 0 Å². The highest BCUT2D eigenvalue weighted by Crippen LogP contribution is 2.38. The van der Waals surface area contributed by atoms with E-state index in [9.17, 15) is 14.7 Å². The third-order valence-corrected chi connectivity index (χ3v) is 4.76. The normalized spacial score (nSPS) is 30.1. The van der Waals surface area contributed by atoms with Gasteiger partial charge in [0.1, 0.15) is 6.54 Å². The van der Waals surface area contributed by atoms with Crippen molar-refractivity contribution in [2.24, 2.45) is 11.8 Å². The maximum Gasteiger partial charge on any atom is 0.323 e. The zero-order valence-electron chi connectivity index (χ0n) is 12.2. The summed E-state index contributed by atoms with van der Waals surface area (Å²) in [5.74, 6) is -0.446. The van der Waals surface area contributed by atoms with Gasteiger partial charge in [-0.25, -0.2) is 4.79 Å². The molecule has 4 atom stereocenters. The van der Waals surface area contributed by atoms with Crippen molar-refractivity contribution in [3.05, 3.63) is 0 Å². The SMILES string of the molecule is CCC(C)N(CC(=O)O)C(=O)N1CC2CCC(O)C2C1. The standard InChI is InChI=1S/C14H24N2O4/c1-3-9(2)16(8-13(18)19)14(20)15-6-10-4-5-12(17)11(10)7-15/h9-12,17H,3-8H2,1-2H3,(H,18,19). The number of nitrogens with zero attached hydrogens (tertiary/aromatic N) is 2. The number of hydrogen-bond acceptors (Lipinski definition) is 3. The smallest absolute Gasteiger partial charge is 0.323 e. The van der Waals surface area contributed by atoms with Gasteiger partial charge in [-0.1, -0.05) is 6.92 Å². The van der Waals surface area contributed by atoms with Crippen LogP contribution in [-0.2, 0) is 4.79 Å². The first-order valence-electron chi connectivity index (χ1n) is 7.39. The van der Waals surface area contributed by atoms with E-state index in [0.29, 0.717) is 19.0 Å². The summed E-state index contributed by atoms with van der Waals surface area (Å²) >= 11 is 0. The Hall–Kier alpha value is -1.30. The number of fused-ring (bicyclic) bond motifs is 1. The second-order valence-electron chi connectivity index (χ2n) is 6.04. The number of hydrogen-bond donors (Lipinski definition) is 2. The van der Waals surface area contributed by atoms with Gasteiger partial charge >= 0.3 is 12.0 Å². The molecule has 6 nitrogen and oxygen atoms in total. The van der Waals surface area contributed by atoms with Crippen molar-refractivity contribution in [3.8, 4) is 0 Å². The van der Waals surface area contributed by atoms with Gasteiger partial charge in [0.25, 0.3) is 0 Å². The first kappa shape index (κ1) is 15.1. The van der Waals surface area contributed by atoms with E-state index in [0.717, 1.165) is 19.3 Å². The van der Waals surface area contributed by atoms with Gasteiger partial charge < -0.3 is 20.0 Å². The molecule has 2 aliphatic rings. The maximum absolute atomic E-state index is 12.5. The van der Waals surface area contributed by atoms with E-state index in [1.165, 1.54) is 4.90 Å². The zero-order valence-corrected chi connectivity index (χ0v) is 12.2. The van der Waals surface area contributed by atoms with Crippen molar-refractivity contribution < 1.29 is 19.8 Å². The minimum absolute atomic E-state index is 0.0936. The molecule has 0 spiro atoms. The van der Waals surface area contributed by atoms with Crippen molar-refractivity contribution in [3.63, 3.8) is 0 Å². The Morgan fingerprint density at radius 3 is 2.60 bits per heavy atom. The molecular formula is C14H24N2O4. The quantitative estimate of drug-likeness (QED) is 0.807. The molecule has 0 bridgehead atoms. The lowest BCUT2D eigenvalue weighted by atomic mass is 10.00. The Balaban J connectivity index is 2.03. The molecule has 1 saturated carbocycles. The minimum atomic E-state index is -0.988. The molecule has 0 aromatic rings. The van der Waals surface area contributed by atoms with Gasteiger partial charge in [-0.3, -0.25) is 4.79 Å². The number of carbonyl (C=O) groups is 2. The van der Waals surface area contributed by atoms with Crippen LogP contribution in [0.4, 0.5) is 4.79 Å². The van der Waals surface area contributed by atoms with Crippen molar-refractivity contribution >= 4 is 12.0 Å². The summed E-state index contributed by atoms with van der Waals surface area (Å²) in [6.07, 6.45) is 2.19. The summed E-state index contributed by atoms with van der Waals surface area (Å²) in [6, 6.07) is -0.299. The predicted molar refractivity (Wildman–Crippen MR) is 73.3 cm³/mol. The summed E-state index contributed by atoms with van der Waals surface area (Å²) in [5.41, 5.74) is 0. The van der Waals surface area contributed by atoms with Crippen LogP contribution in [0, 0.1) is 11.8 Å². The lowest BCUT2D eigenvalue weighted by Gasteiger charge is -2.31. The highest BCUT2D eigenvalue weighted by molar-refractivity contribution is 5.80. The van der Waals surface area contributed by atoms with Crippen LogP contribution in [-0.4, -0.2) is 63.8 Å². The molecule has 1 aliphatic carbocycles. The molecule has 2 rings (SSSR count). The van der Waals surface area contributed by atoms with Crippen molar-refractivity contribution in [1.82, 2.24) is 9.80 Å². The number of carbonyl (C=O) groups excluding carboxylic acids is 1. The molecule has 1 aliphatic heterocycles. The minimum Gasteiger partial charge on any atom is -0.480 e. The fourth-order valence-corrected chi connectivity index (χ4v) is 3.35. The molecule has 1 heterocycles. The number of aliphatic hydroxyl groups excluding tert-OH is 1. The Kier molecular flexibility index (Phi) is 4.52. The van der Waals surface area contributed by atoms with E-state index >= 15 is 0 Å². The van der Waals surface area contributed by atoms with Crippen LogP contribution in [0.1, 0.15) is 33.1 Å². The second-order valence-corrected chi connectivity index (χ2v) is 6.04. The topological polar surface area (TPSA) is 81.1 Å². The number of aliphatic hydroxyl groups is 1. The number of urea groups is 1. The Morgan fingerprint density at radius 1 is 1.35 bits per heavy atom. The van der Waals surface area contributed by atoms with E-state index in [2.05, 4.69) is 0 Å². The van der Waals surface area contributed by atoms with Gasteiger partial charge in [-0.15, -0.1) is 0 Å². The number of rotatable bonds is 4. The van der Waals surface area contributed by atoms with Crippen molar-refractivity contribution in [2.45, 2.75) is 45.3 Å². The van der Waals surface area contributed by atoms with Gasteiger partial charge in [-0.2, -0.15) is 0 Å². The first-order valence-corrected chi connectivity index (χ1v) is 7.39. The van der Waals surface area contributed by atoms with Crippen molar-refractivity contribution in [1.29, 1.82) is 0 Å². The monoisotopic (exact) mass is 284 g/mol. The number of carboxylic acid groups (broad SMARTS) is 1. The summed E-state index contributed by atoms with van der Waals surface area (Å²) in [7, 11) is 0. The third-order valence-electron chi connectivity index (χ3n) is 4.76. The molecule has 114 valence electrons. The Morgan fingerprint density at radius 2 is 2.05 bits per heavy atom. The largest absolute Gasteiger partial charge is 0.480 e. The van der Waals surface area contributed by atoms with E-state index in [1.807, 2.05) is 13.8 Å². The Labute approximate surface area is 119 Å². The predicted octanol–water partition coefficient (Wildman–Crippen LogP) is 0.994. The number of likely N-dealkylation sites (tertiary alicyclic amines) is 1. The van der Waals surface area contributed by atoms with Gasteiger partial charge in [0.2, 0.25) is 0 Å². The maximum atomic E-state index is 12.5. The van der Waals surface area contributed by atoms with Crippen LogP contribution in [0.15, 0.2) is 0 Å². The van der Waals surface area contributed by atoms with Crippen LogP contribution >= 0.6 is 0 Å². The number of amides is 2. The summed E-state index contributed by atoms with van der Waals surface area (Å²) in [5, 5.41) is 18.9. The number of carboxylic acids is 1. The van der Waals surface area contributed by atoms with Crippen LogP contribution in [0.3, 0.4) is 0 Å². The molecule has 0 radical (unpaired) electrons. The average Bonchev–Trinajstić information content (AvgIpc) is 2.97. The number of aliphatic carboxylic acids is 1. The Bertz CT molecular complexity index is 387. The summed E-state index contributed by atoms with van der Waals surface area (Å²) in [6.45, 7) is 4.74. The molecule has 2 fully saturated rings. The molecule has 4 unspecified atom stereocenters. The lowest BCUT2D eigenvalue weighted by Crippen LogP contribution is -2.49. The molecule has 2 amide bonds. The molecule has 6 heteroatoms. The van der Waals surface area contributed by atoms with E-state index < -0.39 is 5.97 Å². The van der Waals surface area contributed by atoms with Crippen LogP contribution < -0.4 is 0 Å². The fraction of sp³-hybridized carbons (Fsp3) is 0.857. The lowest BCUT2D eigenvalue weighted by molar-refractivity contribution is -0.138. The molecule has 1 saturated heterocycles. The van der Waals surface area contributed by atoms with Gasteiger partial charge in [0.05, 0.1) is 6.10 Å². The zero-order chi connectivity index (χ0) is 14.9. The molecule has 0 aromatic carbocycles. The fourth-order valence-electron chi connectivity index (χ4n) is 3.35. The molecular weight excluding hydrogens is 260 g/mol. The third kappa shape index (κ3) is 2.90. The summed E-state index contributed by atoms with van der Waals surface area (Å²) in [4.78, 5) is 26.6. The molecule has 20 heavy (non-hydrogen) atoms. The van der Waals surface area contributed by atoms with Crippen LogP contribution in [0.5, 0.6) is 0 Å². The van der Waals surface area contributed by atoms with Crippen LogP contribution in [0.25, 0.3) is 0 Å². The molecule has 2 N–H and O–H groups in total. The highest BCUT2D eigenvalue weighted by atomic mass is 16.4. The van der Waals surface area contributed by atoms with Gasteiger partial charge in [0, 0.05) is 25.0 Å². The second kappa shape index (κ2) is 5.99. The van der Waals surface area contributed by atoms with E-state index in [1.54, 1.807) is 4.90 Å². The van der Waals surface area contributed by atoms with Gasteiger partial charge in [0.15, 0.2) is 0 Å². The van der Waals surface area contributed by atoms with Crippen molar-refractivity contribution in [2.75, 3.05) is 19.6 Å². The van der Waals surface area contributed by atoms with E-state index in [4.69, 9.17) is 5.11 Å². The first-order chi connectivity index (χ1) is 9.43. The highest BCUT2D eigenvalue weighted by Gasteiger charge is 2.44. The van der Waals surface area contributed by atoms with Gasteiger partial charge in [-0.05, 0) is 32.1 Å². The van der Waals surface area contributed by atoms with E-state index in [-0.39, 0.29) is 30.6 Å². The molecule has 0 aromatic heterocycles. The average molecular weight is 284 g/mol. The summed E-state index contributed by atoms with van der Waals surface area (Å²) < 4.78 is 0.